The molecule has 0 spiro atoms. The molecule has 1 saturated heterocycles. The van der Waals surface area contributed by atoms with Gasteiger partial charge in [0.1, 0.15) is 0 Å². The standard InChI is InChI=1S/C19H17F3N2O5S/c20-14-7-8-15(18(22)17(14)21)23-16(25)11-29-19(26)12-3-5-13(6-4-12)30(27,28)24-9-1-2-10-24/h3-8H,1-2,9-11H2,(H,23,25). The number of anilines is 1. The van der Waals surface area contributed by atoms with E-state index < -0.39 is 51.6 Å². The minimum absolute atomic E-state index is 0.00202. The second kappa shape index (κ2) is 8.84. The normalized spacial score (nSPS) is 14.5. The molecule has 3 rings (SSSR count). The Morgan fingerprint density at radius 2 is 1.60 bits per heavy atom. The van der Waals surface area contributed by atoms with E-state index >= 15 is 0 Å². The van der Waals surface area contributed by atoms with Crippen LogP contribution in [0.3, 0.4) is 0 Å². The molecule has 30 heavy (non-hydrogen) atoms. The van der Waals surface area contributed by atoms with Gasteiger partial charge in [-0.25, -0.2) is 26.4 Å². The Hall–Kier alpha value is -2.92. The van der Waals surface area contributed by atoms with Crippen molar-refractivity contribution in [2.24, 2.45) is 0 Å². The van der Waals surface area contributed by atoms with Gasteiger partial charge in [0.25, 0.3) is 5.91 Å². The SMILES string of the molecule is O=C(COC(=O)c1ccc(S(=O)(=O)N2CCCC2)cc1)Nc1ccc(F)c(F)c1F. The van der Waals surface area contributed by atoms with Crippen molar-refractivity contribution >= 4 is 27.6 Å². The summed E-state index contributed by atoms with van der Waals surface area (Å²) in [5.74, 6) is -6.62. The lowest BCUT2D eigenvalue weighted by Gasteiger charge is -2.15. The topological polar surface area (TPSA) is 92.8 Å². The summed E-state index contributed by atoms with van der Waals surface area (Å²) in [5.41, 5.74) is -0.603. The van der Waals surface area contributed by atoms with Crippen LogP contribution in [0.5, 0.6) is 0 Å². The fourth-order valence-electron chi connectivity index (χ4n) is 2.86. The number of ether oxygens (including phenoxy) is 1. The highest BCUT2D eigenvalue weighted by Gasteiger charge is 2.27. The summed E-state index contributed by atoms with van der Waals surface area (Å²) in [4.78, 5) is 23.8. The van der Waals surface area contributed by atoms with Crippen molar-refractivity contribution in [2.75, 3.05) is 25.0 Å². The largest absolute Gasteiger partial charge is 0.452 e. The summed E-state index contributed by atoms with van der Waals surface area (Å²) in [6.07, 6.45) is 1.58. The van der Waals surface area contributed by atoms with E-state index in [2.05, 4.69) is 0 Å². The van der Waals surface area contributed by atoms with Gasteiger partial charge in [0.15, 0.2) is 24.1 Å². The van der Waals surface area contributed by atoms with Gasteiger partial charge in [-0.05, 0) is 49.2 Å². The lowest BCUT2D eigenvalue weighted by Crippen LogP contribution is -2.27. The predicted octanol–water partition coefficient (Wildman–Crippen LogP) is 2.68. The highest BCUT2D eigenvalue weighted by Crippen LogP contribution is 2.22. The average Bonchev–Trinajstić information content (AvgIpc) is 3.28. The zero-order chi connectivity index (χ0) is 21.9. The summed E-state index contributed by atoms with van der Waals surface area (Å²) >= 11 is 0. The fourth-order valence-corrected chi connectivity index (χ4v) is 4.38. The molecule has 1 amide bonds. The molecule has 0 unspecified atom stereocenters. The van der Waals surface area contributed by atoms with Crippen LogP contribution in [-0.4, -0.2) is 44.3 Å². The van der Waals surface area contributed by atoms with Crippen LogP contribution in [0.15, 0.2) is 41.3 Å². The van der Waals surface area contributed by atoms with E-state index in [0.717, 1.165) is 18.9 Å². The maximum Gasteiger partial charge on any atom is 0.338 e. The number of carbonyl (C=O) groups is 2. The van der Waals surface area contributed by atoms with Crippen LogP contribution >= 0.6 is 0 Å². The quantitative estimate of drug-likeness (QED) is 0.549. The number of rotatable bonds is 6. The smallest absolute Gasteiger partial charge is 0.338 e. The number of nitrogens with zero attached hydrogens (tertiary/aromatic N) is 1. The second-order valence-corrected chi connectivity index (χ2v) is 8.42. The van der Waals surface area contributed by atoms with Crippen LogP contribution in [0.4, 0.5) is 18.9 Å². The maximum absolute atomic E-state index is 13.5. The van der Waals surface area contributed by atoms with E-state index in [-0.39, 0.29) is 10.5 Å². The Balaban J connectivity index is 1.58. The van der Waals surface area contributed by atoms with Crippen LogP contribution in [-0.2, 0) is 19.6 Å². The van der Waals surface area contributed by atoms with Crippen molar-refractivity contribution in [2.45, 2.75) is 17.7 Å². The lowest BCUT2D eigenvalue weighted by atomic mass is 10.2. The van der Waals surface area contributed by atoms with Gasteiger partial charge in [-0.2, -0.15) is 4.31 Å². The first-order valence-electron chi connectivity index (χ1n) is 8.91. The minimum Gasteiger partial charge on any atom is -0.452 e. The molecule has 0 bridgehead atoms. The van der Waals surface area contributed by atoms with Crippen molar-refractivity contribution in [3.05, 3.63) is 59.4 Å². The molecular formula is C19H17F3N2O5S. The Kier molecular flexibility index (Phi) is 6.42. The number of amides is 1. The summed E-state index contributed by atoms with van der Waals surface area (Å²) in [5, 5.41) is 1.96. The third-order valence-corrected chi connectivity index (χ3v) is 6.35. The minimum atomic E-state index is -3.63. The summed E-state index contributed by atoms with van der Waals surface area (Å²) < 4.78 is 70.6. The number of benzene rings is 2. The first-order chi connectivity index (χ1) is 14.2. The molecule has 1 fully saturated rings. The van der Waals surface area contributed by atoms with Gasteiger partial charge < -0.3 is 10.1 Å². The van der Waals surface area contributed by atoms with Crippen LogP contribution in [0.25, 0.3) is 0 Å². The van der Waals surface area contributed by atoms with Gasteiger partial charge in [-0.15, -0.1) is 0 Å². The third kappa shape index (κ3) is 4.62. The number of hydrogen-bond acceptors (Lipinski definition) is 5. The van der Waals surface area contributed by atoms with Crippen molar-refractivity contribution in [1.82, 2.24) is 4.31 Å². The Bertz CT molecular complexity index is 1070. The molecule has 0 aliphatic carbocycles. The lowest BCUT2D eigenvalue weighted by molar-refractivity contribution is -0.119. The van der Waals surface area contributed by atoms with Crippen molar-refractivity contribution in [1.29, 1.82) is 0 Å². The van der Waals surface area contributed by atoms with Gasteiger partial charge in [-0.3, -0.25) is 4.79 Å². The molecule has 1 heterocycles. The van der Waals surface area contributed by atoms with Crippen LogP contribution in [0.1, 0.15) is 23.2 Å². The van der Waals surface area contributed by atoms with E-state index in [1.54, 1.807) is 0 Å². The summed E-state index contributed by atoms with van der Waals surface area (Å²) in [7, 11) is -3.63. The van der Waals surface area contributed by atoms with Gasteiger partial charge in [0, 0.05) is 13.1 Å². The van der Waals surface area contributed by atoms with Crippen molar-refractivity contribution in [3.8, 4) is 0 Å². The highest BCUT2D eigenvalue weighted by atomic mass is 32.2. The molecule has 1 aliphatic rings. The fraction of sp³-hybridized carbons (Fsp3) is 0.263. The zero-order valence-electron chi connectivity index (χ0n) is 15.5. The highest BCUT2D eigenvalue weighted by molar-refractivity contribution is 7.89. The number of esters is 1. The average molecular weight is 442 g/mol. The molecule has 7 nitrogen and oxygen atoms in total. The molecule has 11 heteroatoms. The van der Waals surface area contributed by atoms with Gasteiger partial charge in [0.05, 0.1) is 16.1 Å². The van der Waals surface area contributed by atoms with Crippen LogP contribution in [0, 0.1) is 17.5 Å². The number of nitrogens with one attached hydrogen (secondary N) is 1. The van der Waals surface area contributed by atoms with E-state index in [4.69, 9.17) is 4.74 Å². The molecular weight excluding hydrogens is 425 g/mol. The molecule has 1 aliphatic heterocycles. The Morgan fingerprint density at radius 1 is 0.967 bits per heavy atom. The van der Waals surface area contributed by atoms with E-state index in [1.165, 1.54) is 28.6 Å². The second-order valence-electron chi connectivity index (χ2n) is 6.48. The monoisotopic (exact) mass is 442 g/mol. The van der Waals surface area contributed by atoms with E-state index in [9.17, 15) is 31.2 Å². The number of halogens is 3. The molecule has 160 valence electrons. The molecule has 0 radical (unpaired) electrons. The number of sulfonamides is 1. The number of hydrogen-bond donors (Lipinski definition) is 1. The van der Waals surface area contributed by atoms with E-state index in [0.29, 0.717) is 19.2 Å². The predicted molar refractivity (Wildman–Crippen MR) is 99.7 cm³/mol. The first kappa shape index (κ1) is 21.8. The first-order valence-corrected chi connectivity index (χ1v) is 10.3. The Labute approximate surface area is 170 Å². The molecule has 1 N–H and O–H groups in total. The zero-order valence-corrected chi connectivity index (χ0v) is 16.3. The van der Waals surface area contributed by atoms with Crippen LogP contribution < -0.4 is 5.32 Å². The molecule has 2 aromatic rings. The van der Waals surface area contributed by atoms with Gasteiger partial charge in [-0.1, -0.05) is 0 Å². The summed E-state index contributed by atoms with van der Waals surface area (Å²) in [6.45, 7) is 0.0741. The van der Waals surface area contributed by atoms with Gasteiger partial charge in [0.2, 0.25) is 10.0 Å². The molecule has 0 aromatic heterocycles. The number of carbonyl (C=O) groups excluding carboxylic acids is 2. The van der Waals surface area contributed by atoms with E-state index in [1.807, 2.05) is 5.32 Å². The maximum atomic E-state index is 13.5. The van der Waals surface area contributed by atoms with Gasteiger partial charge >= 0.3 is 5.97 Å². The van der Waals surface area contributed by atoms with Crippen molar-refractivity contribution < 1.29 is 35.9 Å². The Morgan fingerprint density at radius 3 is 2.23 bits per heavy atom. The summed E-state index contributed by atoms with van der Waals surface area (Å²) in [6, 6.07) is 6.49. The molecule has 0 saturated carbocycles. The molecule has 0 atom stereocenters. The molecule has 2 aromatic carbocycles. The third-order valence-electron chi connectivity index (χ3n) is 4.44. The van der Waals surface area contributed by atoms with Crippen LogP contribution in [0.2, 0.25) is 0 Å². The van der Waals surface area contributed by atoms with Crippen molar-refractivity contribution in [3.63, 3.8) is 0 Å².